The minimum Gasteiger partial charge on any atom is -0.103 e. The predicted molar refractivity (Wildman–Crippen MR) is 55.1 cm³/mol. The van der Waals surface area contributed by atoms with Crippen molar-refractivity contribution in [1.29, 1.82) is 0 Å². The van der Waals surface area contributed by atoms with E-state index < -0.39 is 0 Å². The van der Waals surface area contributed by atoms with E-state index in [1.165, 1.54) is 17.6 Å². The van der Waals surface area contributed by atoms with Crippen LogP contribution in [-0.4, -0.2) is 0 Å². The summed E-state index contributed by atoms with van der Waals surface area (Å²) in [5, 5.41) is 0. The fourth-order valence-electron chi connectivity index (χ4n) is 1.81. The first-order valence-corrected chi connectivity index (χ1v) is 4.63. The molecule has 0 saturated heterocycles. The molecule has 1 aliphatic rings. The molecule has 12 heavy (non-hydrogen) atoms. The highest BCUT2D eigenvalue weighted by atomic mass is 14.2. The van der Waals surface area contributed by atoms with Gasteiger partial charge in [-0.15, -0.1) is 6.58 Å². The Balaban J connectivity index is 2.88. The second-order valence-corrected chi connectivity index (χ2v) is 3.77. The molecule has 0 aromatic rings. The Kier molecular flexibility index (Phi) is 2.91. The van der Waals surface area contributed by atoms with Crippen LogP contribution >= 0.6 is 0 Å². The van der Waals surface area contributed by atoms with Gasteiger partial charge < -0.3 is 0 Å². The summed E-state index contributed by atoms with van der Waals surface area (Å²) in [5.74, 6) is 0.712. The van der Waals surface area contributed by atoms with Gasteiger partial charge in [0.1, 0.15) is 0 Å². The second kappa shape index (κ2) is 3.75. The number of allylic oxidation sites excluding steroid dienone is 5. The summed E-state index contributed by atoms with van der Waals surface area (Å²) in [4.78, 5) is 0. The van der Waals surface area contributed by atoms with Crippen molar-refractivity contribution >= 4 is 0 Å². The van der Waals surface area contributed by atoms with Crippen LogP contribution in [0.1, 0.15) is 33.6 Å². The number of hydrogen-bond acceptors (Lipinski definition) is 0. The van der Waals surface area contributed by atoms with Crippen LogP contribution in [0.4, 0.5) is 0 Å². The van der Waals surface area contributed by atoms with Crippen LogP contribution in [0.3, 0.4) is 0 Å². The van der Waals surface area contributed by atoms with Crippen LogP contribution in [0.25, 0.3) is 0 Å². The van der Waals surface area contributed by atoms with Crippen LogP contribution in [0.5, 0.6) is 0 Å². The van der Waals surface area contributed by atoms with Crippen LogP contribution in [0.15, 0.2) is 35.5 Å². The van der Waals surface area contributed by atoms with Crippen molar-refractivity contribution in [2.75, 3.05) is 0 Å². The van der Waals surface area contributed by atoms with Crippen molar-refractivity contribution in [1.82, 2.24) is 0 Å². The standard InChI is InChI=1S/C12H18/c1-5-6-12-8-9(2)7-10(3)11(12)4/h5,8-9H,1,6-7H2,2-4H3. The maximum absolute atomic E-state index is 3.78. The van der Waals surface area contributed by atoms with Gasteiger partial charge in [0.25, 0.3) is 0 Å². The van der Waals surface area contributed by atoms with E-state index in [1.54, 1.807) is 5.57 Å². The molecular formula is C12H18. The molecule has 0 spiro atoms. The molecule has 0 bridgehead atoms. The Morgan fingerprint density at radius 3 is 2.83 bits per heavy atom. The molecule has 1 unspecified atom stereocenters. The average molecular weight is 162 g/mol. The van der Waals surface area contributed by atoms with E-state index >= 15 is 0 Å². The smallest absolute Gasteiger partial charge is 0.0101 e. The fourth-order valence-corrected chi connectivity index (χ4v) is 1.81. The van der Waals surface area contributed by atoms with Gasteiger partial charge in [-0.05, 0) is 43.8 Å². The molecule has 0 fully saturated rings. The highest BCUT2D eigenvalue weighted by Gasteiger charge is 2.12. The van der Waals surface area contributed by atoms with Crippen LogP contribution in [-0.2, 0) is 0 Å². The third kappa shape index (κ3) is 1.88. The highest BCUT2D eigenvalue weighted by molar-refractivity contribution is 5.38. The molecule has 1 aliphatic carbocycles. The minimum atomic E-state index is 0.712. The van der Waals surface area contributed by atoms with Gasteiger partial charge in [0.05, 0.1) is 0 Å². The third-order valence-electron chi connectivity index (χ3n) is 2.60. The van der Waals surface area contributed by atoms with Gasteiger partial charge >= 0.3 is 0 Å². The highest BCUT2D eigenvalue weighted by Crippen LogP contribution is 2.29. The fraction of sp³-hybridized carbons (Fsp3) is 0.500. The van der Waals surface area contributed by atoms with Crippen molar-refractivity contribution in [2.45, 2.75) is 33.6 Å². The van der Waals surface area contributed by atoms with E-state index in [1.807, 2.05) is 6.08 Å². The zero-order chi connectivity index (χ0) is 9.14. The normalized spacial score (nSPS) is 23.9. The molecule has 1 atom stereocenters. The first kappa shape index (κ1) is 9.31. The van der Waals surface area contributed by atoms with Crippen molar-refractivity contribution in [2.24, 2.45) is 5.92 Å². The van der Waals surface area contributed by atoms with Gasteiger partial charge in [-0.1, -0.05) is 24.6 Å². The topological polar surface area (TPSA) is 0 Å². The molecule has 0 aromatic carbocycles. The van der Waals surface area contributed by atoms with Crippen LogP contribution < -0.4 is 0 Å². The lowest BCUT2D eigenvalue weighted by atomic mass is 9.86. The van der Waals surface area contributed by atoms with E-state index in [0.29, 0.717) is 5.92 Å². The first-order valence-electron chi connectivity index (χ1n) is 4.63. The monoisotopic (exact) mass is 162 g/mol. The first-order chi connectivity index (χ1) is 5.65. The van der Waals surface area contributed by atoms with E-state index in [4.69, 9.17) is 0 Å². The Labute approximate surface area is 75.7 Å². The second-order valence-electron chi connectivity index (χ2n) is 3.77. The van der Waals surface area contributed by atoms with Gasteiger partial charge in [-0.25, -0.2) is 0 Å². The van der Waals surface area contributed by atoms with Crippen molar-refractivity contribution in [3.8, 4) is 0 Å². The van der Waals surface area contributed by atoms with Crippen molar-refractivity contribution in [3.63, 3.8) is 0 Å². The van der Waals surface area contributed by atoms with Crippen molar-refractivity contribution < 1.29 is 0 Å². The largest absolute Gasteiger partial charge is 0.103 e. The molecule has 0 heterocycles. The lowest BCUT2D eigenvalue weighted by Crippen LogP contribution is -2.03. The summed E-state index contributed by atoms with van der Waals surface area (Å²) < 4.78 is 0. The average Bonchev–Trinajstić information content (AvgIpc) is 2.00. The van der Waals surface area contributed by atoms with E-state index in [2.05, 4.69) is 33.4 Å². The van der Waals surface area contributed by atoms with Gasteiger partial charge in [0, 0.05) is 0 Å². The molecule has 66 valence electrons. The van der Waals surface area contributed by atoms with Crippen LogP contribution in [0, 0.1) is 5.92 Å². The SMILES string of the molecule is C=CCC1=CC(C)CC(C)=C1C. The van der Waals surface area contributed by atoms with Gasteiger partial charge in [-0.2, -0.15) is 0 Å². The van der Waals surface area contributed by atoms with Crippen molar-refractivity contribution in [3.05, 3.63) is 35.5 Å². The van der Waals surface area contributed by atoms with E-state index in [0.717, 1.165) is 6.42 Å². The Bertz CT molecular complexity index is 241. The lowest BCUT2D eigenvalue weighted by Gasteiger charge is -2.20. The molecule has 0 N–H and O–H groups in total. The van der Waals surface area contributed by atoms with E-state index in [-0.39, 0.29) is 0 Å². The Morgan fingerprint density at radius 1 is 1.58 bits per heavy atom. The summed E-state index contributed by atoms with van der Waals surface area (Å²) >= 11 is 0. The summed E-state index contributed by atoms with van der Waals surface area (Å²) in [6.45, 7) is 10.5. The molecule has 0 radical (unpaired) electrons. The molecule has 0 heteroatoms. The molecule has 0 aromatic heterocycles. The van der Waals surface area contributed by atoms with E-state index in [9.17, 15) is 0 Å². The maximum atomic E-state index is 3.78. The molecule has 0 nitrogen and oxygen atoms in total. The summed E-state index contributed by atoms with van der Waals surface area (Å²) in [5.41, 5.74) is 4.50. The van der Waals surface area contributed by atoms with Gasteiger partial charge in [0.15, 0.2) is 0 Å². The predicted octanol–water partition coefficient (Wildman–Crippen LogP) is 3.87. The number of hydrogen-bond donors (Lipinski definition) is 0. The van der Waals surface area contributed by atoms with Gasteiger partial charge in [0.2, 0.25) is 0 Å². The molecule has 1 rings (SSSR count). The molecule has 0 amide bonds. The quantitative estimate of drug-likeness (QED) is 0.541. The molecule has 0 saturated carbocycles. The van der Waals surface area contributed by atoms with Gasteiger partial charge in [-0.3, -0.25) is 0 Å². The summed E-state index contributed by atoms with van der Waals surface area (Å²) in [6, 6.07) is 0. The lowest BCUT2D eigenvalue weighted by molar-refractivity contribution is 0.687. The number of rotatable bonds is 2. The maximum Gasteiger partial charge on any atom is -0.0101 e. The summed E-state index contributed by atoms with van der Waals surface area (Å²) in [6.07, 6.45) is 6.62. The molecular weight excluding hydrogens is 144 g/mol. The zero-order valence-corrected chi connectivity index (χ0v) is 8.35. The Hall–Kier alpha value is -0.780. The summed E-state index contributed by atoms with van der Waals surface area (Å²) in [7, 11) is 0. The molecule has 0 aliphatic heterocycles. The third-order valence-corrected chi connectivity index (χ3v) is 2.60. The van der Waals surface area contributed by atoms with Crippen LogP contribution in [0.2, 0.25) is 0 Å². The zero-order valence-electron chi connectivity index (χ0n) is 8.35. The Morgan fingerprint density at radius 2 is 2.25 bits per heavy atom. The minimum absolute atomic E-state index is 0.712.